The van der Waals surface area contributed by atoms with Crippen molar-refractivity contribution in [2.75, 3.05) is 34.2 Å². The fourth-order valence-electron chi connectivity index (χ4n) is 6.01. The Morgan fingerprint density at radius 3 is 2.39 bits per heavy atom. The first-order valence-corrected chi connectivity index (χ1v) is 13.5. The van der Waals surface area contributed by atoms with Crippen LogP contribution in [0.3, 0.4) is 0 Å². The fraction of sp³-hybridized carbons (Fsp3) is 0.926. The first-order valence-electron chi connectivity index (χ1n) is 13.5. The molecule has 36 heavy (non-hydrogen) atoms. The normalized spacial score (nSPS) is 42.6. The van der Waals surface area contributed by atoms with E-state index >= 15 is 0 Å². The van der Waals surface area contributed by atoms with Crippen molar-refractivity contribution < 1.29 is 29.3 Å². The van der Waals surface area contributed by atoms with E-state index < -0.39 is 35.9 Å². The van der Waals surface area contributed by atoms with Crippen LogP contribution in [0.2, 0.25) is 0 Å². The molecular weight excluding hydrogens is 462 g/mol. The number of carbonyl (C=O) groups excluding carboxylic acids is 2. The van der Waals surface area contributed by atoms with Gasteiger partial charge in [0, 0.05) is 44.4 Å². The summed E-state index contributed by atoms with van der Waals surface area (Å²) >= 11 is 0. The van der Waals surface area contributed by atoms with Crippen molar-refractivity contribution >= 4 is 11.8 Å². The van der Waals surface area contributed by atoms with Gasteiger partial charge < -0.3 is 34.8 Å². The molecule has 2 heterocycles. The van der Waals surface area contributed by atoms with E-state index in [4.69, 9.17) is 9.47 Å². The Morgan fingerprint density at radius 1 is 1.14 bits per heavy atom. The van der Waals surface area contributed by atoms with Gasteiger partial charge in [-0.2, -0.15) is 0 Å². The maximum Gasteiger partial charge on any atom is 0.225 e. The van der Waals surface area contributed by atoms with E-state index in [2.05, 4.69) is 17.1 Å². The number of carbonyl (C=O) groups is 2. The summed E-state index contributed by atoms with van der Waals surface area (Å²) in [6.07, 6.45) is -0.312. The number of aliphatic hydroxyl groups excluding tert-OH is 1. The number of hydrogen-bond donors (Lipinski definition) is 3. The molecule has 2 saturated heterocycles. The minimum absolute atomic E-state index is 0.00742. The second kappa shape index (κ2) is 13.0. The van der Waals surface area contributed by atoms with Gasteiger partial charge in [0.05, 0.1) is 29.8 Å². The lowest BCUT2D eigenvalue weighted by molar-refractivity contribution is -0.284. The third kappa shape index (κ3) is 7.87. The Labute approximate surface area is 217 Å². The molecule has 2 aliphatic rings. The highest BCUT2D eigenvalue weighted by molar-refractivity contribution is 5.79. The van der Waals surface area contributed by atoms with Gasteiger partial charge in [-0.3, -0.25) is 9.59 Å². The molecule has 0 radical (unpaired) electrons. The number of aliphatic hydroxyl groups is 2. The molecule has 2 fully saturated rings. The van der Waals surface area contributed by atoms with E-state index in [0.717, 1.165) is 6.42 Å². The van der Waals surface area contributed by atoms with Crippen LogP contribution < -0.4 is 5.32 Å². The summed E-state index contributed by atoms with van der Waals surface area (Å²) in [5.74, 6) is -1.50. The highest BCUT2D eigenvalue weighted by atomic mass is 16.7. The van der Waals surface area contributed by atoms with E-state index in [9.17, 15) is 19.8 Å². The van der Waals surface area contributed by atoms with Crippen LogP contribution in [-0.4, -0.2) is 102 Å². The summed E-state index contributed by atoms with van der Waals surface area (Å²) < 4.78 is 12.8. The average molecular weight is 514 g/mol. The van der Waals surface area contributed by atoms with E-state index in [0.29, 0.717) is 32.4 Å². The standard InChI is InChI=1S/C27H51N3O6/c1-16-14-27(6,34)24(36-26-18(3)21(29(7)8)13-17(2)35-26)19(4)23(32)20(5)25(33)28-12-10-11-22(31)30(9)15-16/h16-21,23-24,26,32,34H,10-15H2,1-9H3,(H,28,33)/t16-,17-,18-,19+,20-,21+,23+,24-,26+,27-/m1/s1. The third-order valence-electron chi connectivity index (χ3n) is 8.11. The molecule has 9 nitrogen and oxygen atoms in total. The maximum atomic E-state index is 12.8. The Hall–Kier alpha value is -1.26. The quantitative estimate of drug-likeness (QED) is 0.528. The van der Waals surface area contributed by atoms with E-state index in [1.54, 1.807) is 25.8 Å². The second-order valence-corrected chi connectivity index (χ2v) is 12.0. The number of nitrogens with one attached hydrogen (secondary N) is 1. The molecule has 0 saturated carbocycles. The Bertz CT molecular complexity index is 732. The van der Waals surface area contributed by atoms with Crippen LogP contribution in [0.25, 0.3) is 0 Å². The number of amides is 2. The molecule has 0 aromatic carbocycles. The molecular formula is C27H51N3O6. The second-order valence-electron chi connectivity index (χ2n) is 12.0. The van der Waals surface area contributed by atoms with Crippen LogP contribution in [0.1, 0.15) is 67.2 Å². The monoisotopic (exact) mass is 513 g/mol. The number of rotatable bonds is 3. The summed E-state index contributed by atoms with van der Waals surface area (Å²) in [5, 5.41) is 25.9. The average Bonchev–Trinajstić information content (AvgIpc) is 2.78. The molecule has 10 atom stereocenters. The van der Waals surface area contributed by atoms with Gasteiger partial charge in [-0.05, 0) is 53.1 Å². The van der Waals surface area contributed by atoms with Crippen molar-refractivity contribution in [3.05, 3.63) is 0 Å². The number of hydrogen-bond acceptors (Lipinski definition) is 7. The molecule has 0 aliphatic carbocycles. The van der Waals surface area contributed by atoms with Crippen LogP contribution in [-0.2, 0) is 19.1 Å². The van der Waals surface area contributed by atoms with E-state index in [1.807, 2.05) is 34.9 Å². The van der Waals surface area contributed by atoms with Gasteiger partial charge in [0.2, 0.25) is 11.8 Å². The lowest BCUT2D eigenvalue weighted by Gasteiger charge is -2.47. The van der Waals surface area contributed by atoms with Gasteiger partial charge in [0.15, 0.2) is 6.29 Å². The van der Waals surface area contributed by atoms with Crippen LogP contribution in [0.5, 0.6) is 0 Å². The topological polar surface area (TPSA) is 112 Å². The maximum absolute atomic E-state index is 12.8. The molecule has 2 rings (SSSR count). The zero-order chi connectivity index (χ0) is 27.4. The zero-order valence-electron chi connectivity index (χ0n) is 23.9. The Balaban J connectivity index is 2.39. The van der Waals surface area contributed by atoms with Crippen molar-refractivity contribution in [3.8, 4) is 0 Å². The smallest absolute Gasteiger partial charge is 0.225 e. The molecule has 0 unspecified atom stereocenters. The first-order chi connectivity index (χ1) is 16.7. The van der Waals surface area contributed by atoms with E-state index in [-0.39, 0.29) is 35.8 Å². The predicted octanol–water partition coefficient (Wildman–Crippen LogP) is 1.85. The van der Waals surface area contributed by atoms with Gasteiger partial charge in [-0.25, -0.2) is 0 Å². The molecule has 2 amide bonds. The predicted molar refractivity (Wildman–Crippen MR) is 139 cm³/mol. The van der Waals surface area contributed by atoms with E-state index in [1.165, 1.54) is 0 Å². The lowest BCUT2D eigenvalue weighted by atomic mass is 9.77. The zero-order valence-corrected chi connectivity index (χ0v) is 23.9. The molecule has 3 N–H and O–H groups in total. The summed E-state index contributed by atoms with van der Waals surface area (Å²) in [7, 11) is 5.86. The van der Waals surface area contributed by atoms with Crippen molar-refractivity contribution in [3.63, 3.8) is 0 Å². The van der Waals surface area contributed by atoms with Gasteiger partial charge in [-0.15, -0.1) is 0 Å². The summed E-state index contributed by atoms with van der Waals surface area (Å²) in [6.45, 7) is 12.2. The highest BCUT2D eigenvalue weighted by Gasteiger charge is 2.46. The lowest BCUT2D eigenvalue weighted by Crippen LogP contribution is -2.57. The number of ether oxygens (including phenoxy) is 2. The first kappa shape index (κ1) is 31.0. The van der Waals surface area contributed by atoms with Crippen LogP contribution in [0.15, 0.2) is 0 Å². The Morgan fingerprint density at radius 2 is 1.78 bits per heavy atom. The van der Waals surface area contributed by atoms with Crippen LogP contribution in [0.4, 0.5) is 0 Å². The Kier molecular flexibility index (Phi) is 11.2. The molecule has 0 aromatic heterocycles. The summed E-state index contributed by atoms with van der Waals surface area (Å²) in [4.78, 5) is 29.2. The summed E-state index contributed by atoms with van der Waals surface area (Å²) in [6, 6.07) is 0.245. The van der Waals surface area contributed by atoms with Gasteiger partial charge >= 0.3 is 0 Å². The molecule has 210 valence electrons. The minimum atomic E-state index is -1.34. The summed E-state index contributed by atoms with van der Waals surface area (Å²) in [5.41, 5.74) is -1.34. The molecule has 2 aliphatic heterocycles. The molecule has 9 heteroatoms. The fourth-order valence-corrected chi connectivity index (χ4v) is 6.01. The van der Waals surface area contributed by atoms with Crippen molar-refractivity contribution in [2.45, 2.75) is 103 Å². The third-order valence-corrected chi connectivity index (χ3v) is 8.11. The number of nitrogens with zero attached hydrogens (tertiary/aromatic N) is 2. The van der Waals surface area contributed by atoms with Gasteiger partial charge in [0.25, 0.3) is 0 Å². The van der Waals surface area contributed by atoms with Crippen molar-refractivity contribution in [1.29, 1.82) is 0 Å². The largest absolute Gasteiger partial charge is 0.392 e. The molecule has 0 bridgehead atoms. The van der Waals surface area contributed by atoms with Crippen LogP contribution in [0, 0.1) is 23.7 Å². The van der Waals surface area contributed by atoms with Gasteiger partial charge in [-0.1, -0.05) is 27.7 Å². The van der Waals surface area contributed by atoms with Crippen LogP contribution >= 0.6 is 0 Å². The molecule has 0 spiro atoms. The highest BCUT2D eigenvalue weighted by Crippen LogP contribution is 2.36. The van der Waals surface area contributed by atoms with Crippen molar-refractivity contribution in [1.82, 2.24) is 15.1 Å². The minimum Gasteiger partial charge on any atom is -0.392 e. The SMILES string of the molecule is C[C@H]1CN(C)C(=O)CCCNC(=O)[C@H](C)[C@@H](O)[C@H](C)[C@@H](O[C@@H]2O[C@H](C)C[C@H](N(C)C)[C@H]2C)[C@](C)(O)C1. The van der Waals surface area contributed by atoms with Crippen molar-refractivity contribution in [2.24, 2.45) is 23.7 Å². The molecule has 0 aromatic rings. The van der Waals surface area contributed by atoms with Gasteiger partial charge in [0.1, 0.15) is 0 Å².